The van der Waals surface area contributed by atoms with Gasteiger partial charge in [0.2, 0.25) is 5.95 Å². The van der Waals surface area contributed by atoms with Gasteiger partial charge in [0.1, 0.15) is 0 Å². The summed E-state index contributed by atoms with van der Waals surface area (Å²) in [4.78, 5) is 36.5. The fourth-order valence-electron chi connectivity index (χ4n) is 3.31. The molecule has 29 heavy (non-hydrogen) atoms. The fraction of sp³-hybridized carbons (Fsp3) is 0.429. The molecule has 2 aromatic rings. The minimum Gasteiger partial charge on any atom is -0.450 e. The summed E-state index contributed by atoms with van der Waals surface area (Å²) in [5.41, 5.74) is 3.74. The molecule has 1 aromatic carbocycles. The van der Waals surface area contributed by atoms with Gasteiger partial charge in [-0.1, -0.05) is 25.1 Å². The van der Waals surface area contributed by atoms with Crippen LogP contribution in [0, 0.1) is 6.92 Å². The number of rotatable bonds is 5. The Morgan fingerprint density at radius 1 is 1.07 bits per heavy atom. The highest BCUT2D eigenvalue weighted by Gasteiger charge is 2.25. The number of hydrogen-bond acceptors (Lipinski definition) is 6. The minimum absolute atomic E-state index is 0.134. The van der Waals surface area contributed by atoms with Crippen LogP contribution in [-0.4, -0.2) is 64.6 Å². The van der Waals surface area contributed by atoms with Crippen LogP contribution < -0.4 is 5.32 Å². The minimum atomic E-state index is -0.332. The van der Waals surface area contributed by atoms with Gasteiger partial charge in [-0.25, -0.2) is 14.8 Å². The van der Waals surface area contributed by atoms with Gasteiger partial charge in [0.05, 0.1) is 12.2 Å². The molecule has 0 unspecified atom stereocenters. The van der Waals surface area contributed by atoms with Crippen molar-refractivity contribution < 1.29 is 14.3 Å². The van der Waals surface area contributed by atoms with Crippen LogP contribution in [0.4, 0.5) is 16.4 Å². The molecule has 8 nitrogen and oxygen atoms in total. The van der Waals surface area contributed by atoms with Crippen molar-refractivity contribution in [3.05, 3.63) is 47.3 Å². The standard InChI is InChI=1S/C21H27N5O3/c1-4-16-8-6-7-15(3)18(16)24-20-22-13-17(14-23-20)19(27)25-9-11-26(12-10-25)21(28)29-5-2/h6-8,13-14H,4-5,9-12H2,1-3H3,(H,22,23,24). The van der Waals surface area contributed by atoms with Crippen molar-refractivity contribution in [3.8, 4) is 0 Å². The summed E-state index contributed by atoms with van der Waals surface area (Å²) < 4.78 is 5.01. The number of aromatic nitrogens is 2. The fourth-order valence-corrected chi connectivity index (χ4v) is 3.31. The molecule has 0 spiro atoms. The van der Waals surface area contributed by atoms with E-state index in [9.17, 15) is 9.59 Å². The first-order valence-corrected chi connectivity index (χ1v) is 9.92. The Morgan fingerprint density at radius 2 is 1.72 bits per heavy atom. The molecule has 0 aliphatic carbocycles. The number of amides is 2. The number of benzene rings is 1. The lowest BCUT2D eigenvalue weighted by atomic mass is 10.1. The molecule has 0 radical (unpaired) electrons. The quantitative estimate of drug-likeness (QED) is 0.834. The van der Waals surface area contributed by atoms with Crippen LogP contribution >= 0.6 is 0 Å². The molecule has 3 rings (SSSR count). The van der Waals surface area contributed by atoms with Crippen molar-refractivity contribution >= 4 is 23.6 Å². The third-order valence-corrected chi connectivity index (χ3v) is 4.97. The highest BCUT2D eigenvalue weighted by atomic mass is 16.6. The number of aryl methyl sites for hydroxylation is 2. The Labute approximate surface area is 170 Å². The van der Waals surface area contributed by atoms with Gasteiger partial charge in [-0.05, 0) is 31.4 Å². The molecule has 8 heteroatoms. The van der Waals surface area contributed by atoms with E-state index in [0.29, 0.717) is 44.3 Å². The van der Waals surface area contributed by atoms with Crippen LogP contribution in [0.3, 0.4) is 0 Å². The van der Waals surface area contributed by atoms with Crippen molar-refractivity contribution in [2.75, 3.05) is 38.1 Å². The first-order valence-electron chi connectivity index (χ1n) is 9.92. The van der Waals surface area contributed by atoms with Gasteiger partial charge < -0.3 is 19.9 Å². The van der Waals surface area contributed by atoms with Crippen molar-refractivity contribution in [1.82, 2.24) is 19.8 Å². The highest BCUT2D eigenvalue weighted by molar-refractivity contribution is 5.94. The van der Waals surface area contributed by atoms with Crippen molar-refractivity contribution in [3.63, 3.8) is 0 Å². The summed E-state index contributed by atoms with van der Waals surface area (Å²) in [6, 6.07) is 6.14. The summed E-state index contributed by atoms with van der Waals surface area (Å²) in [6.07, 6.45) is 3.65. The smallest absolute Gasteiger partial charge is 0.409 e. The zero-order chi connectivity index (χ0) is 20.8. The van der Waals surface area contributed by atoms with Gasteiger partial charge in [0.15, 0.2) is 0 Å². The maximum absolute atomic E-state index is 12.7. The van der Waals surface area contributed by atoms with Gasteiger partial charge >= 0.3 is 6.09 Å². The van der Waals surface area contributed by atoms with E-state index in [2.05, 4.69) is 28.3 Å². The number of piperazine rings is 1. The van der Waals surface area contributed by atoms with Crippen LogP contribution in [0.5, 0.6) is 0 Å². The van der Waals surface area contributed by atoms with Gasteiger partial charge in [-0.15, -0.1) is 0 Å². The number of nitrogens with zero attached hydrogens (tertiary/aromatic N) is 4. The molecule has 1 saturated heterocycles. The first-order chi connectivity index (χ1) is 14.0. The van der Waals surface area contributed by atoms with Crippen LogP contribution in [0.1, 0.15) is 35.3 Å². The van der Waals surface area contributed by atoms with Gasteiger partial charge in [-0.3, -0.25) is 4.79 Å². The topological polar surface area (TPSA) is 87.7 Å². The molecule has 2 amide bonds. The highest BCUT2D eigenvalue weighted by Crippen LogP contribution is 2.23. The summed E-state index contributed by atoms with van der Waals surface area (Å²) in [7, 11) is 0. The lowest BCUT2D eigenvalue weighted by Crippen LogP contribution is -2.50. The molecule has 0 saturated carbocycles. The average molecular weight is 397 g/mol. The molecule has 0 atom stereocenters. The lowest BCUT2D eigenvalue weighted by molar-refractivity contribution is 0.0570. The monoisotopic (exact) mass is 397 g/mol. The number of carbonyl (C=O) groups excluding carboxylic acids is 2. The molecule has 2 heterocycles. The van der Waals surface area contributed by atoms with E-state index in [0.717, 1.165) is 17.7 Å². The van der Waals surface area contributed by atoms with E-state index >= 15 is 0 Å². The maximum atomic E-state index is 12.7. The van der Waals surface area contributed by atoms with Crippen LogP contribution in [0.25, 0.3) is 0 Å². The van der Waals surface area contributed by atoms with Crippen molar-refractivity contribution in [2.45, 2.75) is 27.2 Å². The molecule has 1 N–H and O–H groups in total. The van der Waals surface area contributed by atoms with Gasteiger partial charge in [-0.2, -0.15) is 0 Å². The molecule has 0 bridgehead atoms. The molecule has 1 aromatic heterocycles. The maximum Gasteiger partial charge on any atom is 0.409 e. The normalized spacial score (nSPS) is 13.9. The number of carbonyl (C=O) groups is 2. The van der Waals surface area contributed by atoms with Crippen LogP contribution in [-0.2, 0) is 11.2 Å². The lowest BCUT2D eigenvalue weighted by Gasteiger charge is -2.33. The summed E-state index contributed by atoms with van der Waals surface area (Å²) in [5, 5.41) is 3.26. The average Bonchev–Trinajstić information content (AvgIpc) is 2.75. The molecule has 1 aliphatic rings. The van der Waals surface area contributed by atoms with Crippen molar-refractivity contribution in [1.29, 1.82) is 0 Å². The number of nitrogens with one attached hydrogen (secondary N) is 1. The van der Waals surface area contributed by atoms with Crippen LogP contribution in [0.2, 0.25) is 0 Å². The number of para-hydroxylation sites is 1. The molecular formula is C21H27N5O3. The molecule has 1 fully saturated rings. The Hall–Kier alpha value is -3.16. The Morgan fingerprint density at radius 3 is 2.34 bits per heavy atom. The summed E-state index contributed by atoms with van der Waals surface area (Å²) in [5.74, 6) is 0.322. The first kappa shape index (κ1) is 20.6. The van der Waals surface area contributed by atoms with E-state index in [4.69, 9.17) is 4.74 Å². The molecular weight excluding hydrogens is 370 g/mol. The van der Waals surface area contributed by atoms with E-state index in [1.165, 1.54) is 5.56 Å². The van der Waals surface area contributed by atoms with E-state index in [1.807, 2.05) is 19.1 Å². The second-order valence-electron chi connectivity index (χ2n) is 6.86. The Kier molecular flexibility index (Phi) is 6.64. The number of ether oxygens (including phenoxy) is 1. The third-order valence-electron chi connectivity index (χ3n) is 4.97. The van der Waals surface area contributed by atoms with Crippen LogP contribution in [0.15, 0.2) is 30.6 Å². The largest absolute Gasteiger partial charge is 0.450 e. The van der Waals surface area contributed by atoms with E-state index < -0.39 is 0 Å². The van der Waals surface area contributed by atoms with E-state index in [-0.39, 0.29) is 12.0 Å². The zero-order valence-electron chi connectivity index (χ0n) is 17.1. The molecule has 1 aliphatic heterocycles. The number of anilines is 2. The predicted octanol–water partition coefficient (Wildman–Crippen LogP) is 3.01. The van der Waals surface area contributed by atoms with Crippen molar-refractivity contribution in [2.24, 2.45) is 0 Å². The zero-order valence-corrected chi connectivity index (χ0v) is 17.1. The second kappa shape index (κ2) is 9.36. The number of hydrogen-bond donors (Lipinski definition) is 1. The third kappa shape index (κ3) is 4.82. The second-order valence-corrected chi connectivity index (χ2v) is 6.86. The van der Waals surface area contributed by atoms with Gasteiger partial charge in [0, 0.05) is 44.3 Å². The SMILES string of the molecule is CCOC(=O)N1CCN(C(=O)c2cnc(Nc3c(C)cccc3CC)nc2)CC1. The Balaban J connectivity index is 1.62. The predicted molar refractivity (Wildman–Crippen MR) is 110 cm³/mol. The van der Waals surface area contributed by atoms with E-state index in [1.54, 1.807) is 29.1 Å². The Bertz CT molecular complexity index is 861. The molecule has 154 valence electrons. The summed E-state index contributed by atoms with van der Waals surface area (Å²) >= 11 is 0. The summed E-state index contributed by atoms with van der Waals surface area (Å²) in [6.45, 7) is 8.09. The van der Waals surface area contributed by atoms with Gasteiger partial charge in [0.25, 0.3) is 5.91 Å².